The molecule has 0 aliphatic carbocycles. The predicted molar refractivity (Wildman–Crippen MR) is 134 cm³/mol. The molecule has 3 rings (SSSR count). The van der Waals surface area contributed by atoms with Crippen LogP contribution in [0.3, 0.4) is 0 Å². The van der Waals surface area contributed by atoms with Gasteiger partial charge in [0.25, 0.3) is 0 Å². The van der Waals surface area contributed by atoms with Crippen LogP contribution in [0.1, 0.15) is 19.4 Å². The number of halogens is 1. The summed E-state index contributed by atoms with van der Waals surface area (Å²) in [6.45, 7) is 5.49. The van der Waals surface area contributed by atoms with Crippen molar-refractivity contribution in [1.82, 2.24) is 9.97 Å². The van der Waals surface area contributed by atoms with Crippen molar-refractivity contribution in [2.45, 2.75) is 26.9 Å². The number of methoxy groups -OCH3 is 2. The van der Waals surface area contributed by atoms with Crippen LogP contribution in [0.2, 0.25) is 0 Å². The summed E-state index contributed by atoms with van der Waals surface area (Å²) in [4.78, 5) is 8.22. The summed E-state index contributed by atoms with van der Waals surface area (Å²) in [7, 11) is -0.549. The van der Waals surface area contributed by atoms with Gasteiger partial charge >= 0.3 is 0 Å². The maximum atomic E-state index is 14.6. The summed E-state index contributed by atoms with van der Waals surface area (Å²) in [5.74, 6) is 0.509. The zero-order chi connectivity index (χ0) is 25.8. The van der Waals surface area contributed by atoms with Gasteiger partial charge in [0.1, 0.15) is 0 Å². The summed E-state index contributed by atoms with van der Waals surface area (Å²) in [5.41, 5.74) is 1.79. The monoisotopic (exact) mass is 505 g/mol. The molecule has 0 saturated heterocycles. The van der Waals surface area contributed by atoms with Crippen molar-refractivity contribution in [2.75, 3.05) is 35.8 Å². The zero-order valence-electron chi connectivity index (χ0n) is 20.3. The minimum Gasteiger partial charge on any atom is -0.493 e. The maximum Gasteiger partial charge on any atom is 0.229 e. The lowest BCUT2D eigenvalue weighted by atomic mass is 10.2. The minimum absolute atomic E-state index is 0.0851. The van der Waals surface area contributed by atoms with Gasteiger partial charge in [-0.25, -0.2) is 17.8 Å². The van der Waals surface area contributed by atoms with E-state index in [0.717, 1.165) is 12.5 Å². The summed E-state index contributed by atoms with van der Waals surface area (Å²) in [6, 6.07) is 8.41. The van der Waals surface area contributed by atoms with E-state index in [-0.39, 0.29) is 23.6 Å². The van der Waals surface area contributed by atoms with Crippen LogP contribution < -0.4 is 29.6 Å². The Kier molecular flexibility index (Phi) is 7.85. The number of anilines is 5. The Labute approximate surface area is 203 Å². The van der Waals surface area contributed by atoms with Crippen molar-refractivity contribution < 1.29 is 27.0 Å². The highest BCUT2D eigenvalue weighted by Crippen LogP contribution is 2.41. The standard InChI is InChI=1S/C23H28FN5O5S/c1-13(2)34-19-11-15(10-18(32-4)21(19)33-5)26-23-25-12-16(24)22(28-23)27-17-9-7-8-14(3)20(17)29-35(6,30)31/h7-13,29H,1-6H3,(H2,25,26,27,28). The number of aryl methyl sites for hydroxylation is 1. The van der Waals surface area contributed by atoms with Crippen molar-refractivity contribution in [3.63, 3.8) is 0 Å². The lowest BCUT2D eigenvalue weighted by Crippen LogP contribution is -2.13. The fraction of sp³-hybridized carbons (Fsp3) is 0.304. The molecule has 0 radical (unpaired) electrons. The average Bonchev–Trinajstić information content (AvgIpc) is 2.77. The molecule has 3 aromatic rings. The highest BCUT2D eigenvalue weighted by Gasteiger charge is 2.17. The molecular formula is C23H28FN5O5S. The van der Waals surface area contributed by atoms with Gasteiger partial charge in [0.05, 0.1) is 44.2 Å². The first-order chi connectivity index (χ1) is 16.5. The van der Waals surface area contributed by atoms with Gasteiger partial charge in [-0.2, -0.15) is 4.98 Å². The van der Waals surface area contributed by atoms with E-state index in [1.807, 2.05) is 13.8 Å². The molecule has 0 aliphatic rings. The van der Waals surface area contributed by atoms with Crippen LogP contribution in [0.15, 0.2) is 36.5 Å². The maximum absolute atomic E-state index is 14.6. The molecule has 3 N–H and O–H groups in total. The molecule has 12 heteroatoms. The Morgan fingerprint density at radius 1 is 1.06 bits per heavy atom. The number of para-hydroxylation sites is 1. The molecule has 0 fully saturated rings. The highest BCUT2D eigenvalue weighted by molar-refractivity contribution is 7.92. The van der Waals surface area contributed by atoms with Crippen molar-refractivity contribution in [3.8, 4) is 17.2 Å². The summed E-state index contributed by atoms with van der Waals surface area (Å²) < 4.78 is 57.3. The van der Waals surface area contributed by atoms with Crippen LogP contribution in [-0.2, 0) is 10.0 Å². The van der Waals surface area contributed by atoms with Gasteiger partial charge in [0.2, 0.25) is 21.7 Å². The number of nitrogens with zero attached hydrogens (tertiary/aromatic N) is 2. The molecule has 0 amide bonds. The van der Waals surface area contributed by atoms with E-state index in [9.17, 15) is 12.8 Å². The third-order valence-electron chi connectivity index (χ3n) is 4.62. The second-order valence-electron chi connectivity index (χ2n) is 7.89. The van der Waals surface area contributed by atoms with E-state index in [1.165, 1.54) is 14.2 Å². The molecule has 10 nitrogen and oxygen atoms in total. The quantitative estimate of drug-likeness (QED) is 0.363. The Morgan fingerprint density at radius 3 is 2.40 bits per heavy atom. The fourth-order valence-corrected chi connectivity index (χ4v) is 3.85. The third-order valence-corrected chi connectivity index (χ3v) is 5.20. The van der Waals surface area contributed by atoms with E-state index in [0.29, 0.717) is 34.2 Å². The normalized spacial score (nSPS) is 11.2. The molecule has 0 aliphatic heterocycles. The van der Waals surface area contributed by atoms with Crippen molar-refractivity contribution in [1.29, 1.82) is 0 Å². The van der Waals surface area contributed by atoms with Crippen molar-refractivity contribution in [3.05, 3.63) is 47.9 Å². The lowest BCUT2D eigenvalue weighted by molar-refractivity contribution is 0.226. The van der Waals surface area contributed by atoms with Gasteiger partial charge < -0.3 is 24.8 Å². The van der Waals surface area contributed by atoms with Crippen LogP contribution in [0.4, 0.5) is 33.2 Å². The highest BCUT2D eigenvalue weighted by atomic mass is 32.2. The zero-order valence-corrected chi connectivity index (χ0v) is 21.1. The first kappa shape index (κ1) is 25.8. The van der Waals surface area contributed by atoms with Gasteiger partial charge in [0.15, 0.2) is 23.1 Å². The fourth-order valence-electron chi connectivity index (χ4n) is 3.21. The van der Waals surface area contributed by atoms with Crippen LogP contribution in [0, 0.1) is 12.7 Å². The molecule has 1 heterocycles. The molecular weight excluding hydrogens is 477 g/mol. The van der Waals surface area contributed by atoms with Crippen LogP contribution in [0.5, 0.6) is 17.2 Å². The number of hydrogen-bond donors (Lipinski definition) is 3. The van der Waals surface area contributed by atoms with Gasteiger partial charge in [-0.3, -0.25) is 4.72 Å². The van der Waals surface area contributed by atoms with E-state index < -0.39 is 15.8 Å². The van der Waals surface area contributed by atoms with E-state index in [4.69, 9.17) is 14.2 Å². The number of ether oxygens (including phenoxy) is 3. The second kappa shape index (κ2) is 10.6. The first-order valence-corrected chi connectivity index (χ1v) is 12.5. The van der Waals surface area contributed by atoms with Gasteiger partial charge in [-0.15, -0.1) is 0 Å². The smallest absolute Gasteiger partial charge is 0.229 e. The largest absolute Gasteiger partial charge is 0.493 e. The Hall–Kier alpha value is -3.80. The topological polar surface area (TPSA) is 124 Å². The van der Waals surface area contributed by atoms with Gasteiger partial charge in [0, 0.05) is 17.8 Å². The lowest BCUT2D eigenvalue weighted by Gasteiger charge is -2.18. The minimum atomic E-state index is -3.56. The first-order valence-electron chi connectivity index (χ1n) is 10.6. The number of nitrogens with one attached hydrogen (secondary N) is 3. The molecule has 35 heavy (non-hydrogen) atoms. The summed E-state index contributed by atoms with van der Waals surface area (Å²) in [5, 5.41) is 5.85. The molecule has 1 aromatic heterocycles. The summed E-state index contributed by atoms with van der Waals surface area (Å²) in [6.07, 6.45) is 1.92. The van der Waals surface area contributed by atoms with Gasteiger partial charge in [-0.1, -0.05) is 12.1 Å². The van der Waals surface area contributed by atoms with E-state index >= 15 is 0 Å². The number of aromatic nitrogens is 2. The molecule has 0 unspecified atom stereocenters. The summed E-state index contributed by atoms with van der Waals surface area (Å²) >= 11 is 0. The van der Waals surface area contributed by atoms with Crippen LogP contribution in [-0.4, -0.2) is 45.0 Å². The Balaban J connectivity index is 1.95. The van der Waals surface area contributed by atoms with Crippen LogP contribution in [0.25, 0.3) is 0 Å². The number of benzene rings is 2. The molecule has 0 spiro atoms. The van der Waals surface area contributed by atoms with Crippen molar-refractivity contribution >= 4 is 38.9 Å². The Bertz CT molecular complexity index is 1320. The SMILES string of the molecule is COc1cc(Nc2ncc(F)c(Nc3cccc(C)c3NS(C)(=O)=O)n2)cc(OC(C)C)c1OC. The van der Waals surface area contributed by atoms with Crippen molar-refractivity contribution in [2.24, 2.45) is 0 Å². The van der Waals surface area contributed by atoms with Crippen LogP contribution >= 0.6 is 0 Å². The number of rotatable bonds is 10. The average molecular weight is 506 g/mol. The molecule has 0 atom stereocenters. The molecule has 2 aromatic carbocycles. The van der Waals surface area contributed by atoms with E-state index in [1.54, 1.807) is 37.3 Å². The second-order valence-corrected chi connectivity index (χ2v) is 9.64. The Morgan fingerprint density at radius 2 is 1.77 bits per heavy atom. The predicted octanol–water partition coefficient (Wildman–Crippen LogP) is 4.59. The van der Waals surface area contributed by atoms with E-state index in [2.05, 4.69) is 25.3 Å². The number of hydrogen-bond acceptors (Lipinski definition) is 9. The third kappa shape index (κ3) is 6.63. The molecule has 188 valence electrons. The number of sulfonamides is 1. The molecule has 0 bridgehead atoms. The van der Waals surface area contributed by atoms with Gasteiger partial charge in [-0.05, 0) is 32.4 Å². The molecule has 0 saturated carbocycles.